The average Bonchev–Trinajstić information content (AvgIpc) is 2.57. The first-order valence-electron chi connectivity index (χ1n) is 6.22. The highest BCUT2D eigenvalue weighted by atomic mass is 35.5. The number of halogens is 1. The molecule has 2 bridgehead atoms. The van der Waals surface area contributed by atoms with Crippen molar-refractivity contribution in [2.24, 2.45) is 0 Å². The molecule has 0 aromatic carbocycles. The number of nitrogens with one attached hydrogen (secondary N) is 1. The zero-order chi connectivity index (χ0) is 11.8. The Morgan fingerprint density at radius 3 is 2.82 bits per heavy atom. The van der Waals surface area contributed by atoms with E-state index in [1.165, 1.54) is 25.7 Å². The van der Waals surface area contributed by atoms with Crippen molar-refractivity contribution in [3.63, 3.8) is 0 Å². The van der Waals surface area contributed by atoms with Gasteiger partial charge in [0, 0.05) is 18.1 Å². The molecule has 0 amide bonds. The van der Waals surface area contributed by atoms with E-state index in [0.29, 0.717) is 17.2 Å². The van der Waals surface area contributed by atoms with Crippen molar-refractivity contribution < 1.29 is 0 Å². The molecule has 1 aromatic heterocycles. The summed E-state index contributed by atoms with van der Waals surface area (Å²) >= 11 is 5.73. The first-order valence-corrected chi connectivity index (χ1v) is 6.59. The molecule has 3 rings (SSSR count). The Balaban J connectivity index is 1.71. The van der Waals surface area contributed by atoms with E-state index in [-0.39, 0.29) is 0 Å². The molecule has 17 heavy (non-hydrogen) atoms. The highest BCUT2D eigenvalue weighted by molar-refractivity contribution is 6.29. The summed E-state index contributed by atoms with van der Waals surface area (Å²) in [6.45, 7) is 0. The van der Waals surface area contributed by atoms with Crippen LogP contribution in [0.3, 0.4) is 0 Å². The second-order valence-electron chi connectivity index (χ2n) is 5.03. The quantitative estimate of drug-likeness (QED) is 0.876. The normalized spacial score (nSPS) is 32.7. The van der Waals surface area contributed by atoms with Crippen molar-refractivity contribution in [3.8, 4) is 0 Å². The van der Waals surface area contributed by atoms with Crippen LogP contribution in [-0.4, -0.2) is 40.3 Å². The van der Waals surface area contributed by atoms with Crippen LogP contribution in [0.2, 0.25) is 5.15 Å². The van der Waals surface area contributed by atoms with Gasteiger partial charge >= 0.3 is 0 Å². The second-order valence-corrected chi connectivity index (χ2v) is 5.42. The smallest absolute Gasteiger partial charge is 0.151 e. The Morgan fingerprint density at radius 1 is 1.24 bits per heavy atom. The van der Waals surface area contributed by atoms with Gasteiger partial charge in [-0.3, -0.25) is 4.90 Å². The summed E-state index contributed by atoms with van der Waals surface area (Å²) < 4.78 is 0. The lowest BCUT2D eigenvalue weighted by molar-refractivity contribution is 0.165. The van der Waals surface area contributed by atoms with E-state index in [1.54, 1.807) is 6.07 Å². The molecule has 0 spiro atoms. The number of piperidine rings is 1. The predicted octanol–water partition coefficient (Wildman–Crippen LogP) is 2.17. The lowest BCUT2D eigenvalue weighted by Crippen LogP contribution is -2.48. The van der Waals surface area contributed by atoms with Crippen LogP contribution in [-0.2, 0) is 0 Å². The van der Waals surface area contributed by atoms with Gasteiger partial charge < -0.3 is 5.32 Å². The summed E-state index contributed by atoms with van der Waals surface area (Å²) in [5, 5.41) is 11.9. The lowest BCUT2D eigenvalue weighted by Gasteiger charge is -2.38. The maximum Gasteiger partial charge on any atom is 0.151 e. The molecular weight excluding hydrogens is 236 g/mol. The van der Waals surface area contributed by atoms with Crippen LogP contribution in [0.1, 0.15) is 25.7 Å². The fourth-order valence-electron chi connectivity index (χ4n) is 3.19. The van der Waals surface area contributed by atoms with Crippen molar-refractivity contribution in [2.45, 2.75) is 43.8 Å². The number of likely N-dealkylation sites (N-methyl/N-ethyl adjacent to an activating group) is 1. The molecule has 2 aliphatic heterocycles. The van der Waals surface area contributed by atoms with Crippen molar-refractivity contribution in [2.75, 3.05) is 12.4 Å². The van der Waals surface area contributed by atoms with E-state index >= 15 is 0 Å². The first kappa shape index (κ1) is 11.2. The van der Waals surface area contributed by atoms with Crippen molar-refractivity contribution in [1.82, 2.24) is 15.1 Å². The molecule has 3 atom stereocenters. The fraction of sp³-hybridized carbons (Fsp3) is 0.667. The number of aromatic nitrogens is 2. The monoisotopic (exact) mass is 252 g/mol. The third-order valence-corrected chi connectivity index (χ3v) is 4.34. The second kappa shape index (κ2) is 4.42. The van der Waals surface area contributed by atoms with Crippen LogP contribution in [0.25, 0.3) is 0 Å². The van der Waals surface area contributed by atoms with Crippen molar-refractivity contribution in [1.29, 1.82) is 0 Å². The Bertz CT molecular complexity index is 394. The van der Waals surface area contributed by atoms with Gasteiger partial charge in [-0.2, -0.15) is 0 Å². The molecule has 2 aliphatic rings. The van der Waals surface area contributed by atoms with E-state index in [2.05, 4.69) is 27.5 Å². The molecule has 4 nitrogen and oxygen atoms in total. The number of hydrogen-bond donors (Lipinski definition) is 1. The predicted molar refractivity (Wildman–Crippen MR) is 68.3 cm³/mol. The van der Waals surface area contributed by atoms with Crippen LogP contribution in [0, 0.1) is 0 Å². The van der Waals surface area contributed by atoms with E-state index in [1.807, 2.05) is 6.07 Å². The van der Waals surface area contributed by atoms with Gasteiger partial charge in [0.2, 0.25) is 0 Å². The Morgan fingerprint density at radius 2 is 2.06 bits per heavy atom. The number of fused-ring (bicyclic) bond motifs is 2. The van der Waals surface area contributed by atoms with Gasteiger partial charge in [0.15, 0.2) is 5.15 Å². The van der Waals surface area contributed by atoms with E-state index in [9.17, 15) is 0 Å². The van der Waals surface area contributed by atoms with E-state index in [4.69, 9.17) is 11.6 Å². The van der Waals surface area contributed by atoms with Gasteiger partial charge in [-0.05, 0) is 44.9 Å². The number of rotatable bonds is 2. The summed E-state index contributed by atoms with van der Waals surface area (Å²) in [5.74, 6) is 0.832. The Labute approximate surface area is 106 Å². The molecule has 3 heterocycles. The number of nitrogens with zero attached hydrogens (tertiary/aromatic N) is 3. The van der Waals surface area contributed by atoms with E-state index in [0.717, 1.165) is 11.9 Å². The van der Waals surface area contributed by atoms with Crippen LogP contribution < -0.4 is 5.32 Å². The molecule has 2 fully saturated rings. The maximum atomic E-state index is 5.73. The summed E-state index contributed by atoms with van der Waals surface area (Å²) in [4.78, 5) is 2.52. The Hall–Kier alpha value is -0.870. The minimum atomic E-state index is 0.442. The maximum absolute atomic E-state index is 5.73. The van der Waals surface area contributed by atoms with Gasteiger partial charge in [0.25, 0.3) is 0 Å². The summed E-state index contributed by atoms with van der Waals surface area (Å²) in [7, 11) is 2.24. The van der Waals surface area contributed by atoms with Gasteiger partial charge in [-0.1, -0.05) is 11.6 Å². The van der Waals surface area contributed by atoms with Crippen LogP contribution in [0.5, 0.6) is 0 Å². The van der Waals surface area contributed by atoms with Crippen molar-refractivity contribution in [3.05, 3.63) is 17.3 Å². The minimum Gasteiger partial charge on any atom is -0.364 e. The fourth-order valence-corrected chi connectivity index (χ4v) is 3.29. The highest BCUT2D eigenvalue weighted by Crippen LogP contribution is 2.35. The molecule has 1 N–H and O–H groups in total. The third-order valence-electron chi connectivity index (χ3n) is 4.14. The zero-order valence-electron chi connectivity index (χ0n) is 9.93. The lowest BCUT2D eigenvalue weighted by atomic mass is 9.98. The molecule has 5 heteroatoms. The van der Waals surface area contributed by atoms with Crippen LogP contribution in [0.15, 0.2) is 12.1 Å². The molecular formula is C12H17ClN4. The average molecular weight is 253 g/mol. The highest BCUT2D eigenvalue weighted by Gasteiger charge is 2.40. The van der Waals surface area contributed by atoms with Crippen LogP contribution in [0.4, 0.5) is 5.82 Å². The number of anilines is 1. The minimum absolute atomic E-state index is 0.442. The number of hydrogen-bond acceptors (Lipinski definition) is 4. The van der Waals surface area contributed by atoms with Crippen LogP contribution >= 0.6 is 11.6 Å². The molecule has 2 saturated heterocycles. The molecule has 3 unspecified atom stereocenters. The molecule has 0 saturated carbocycles. The van der Waals surface area contributed by atoms with Gasteiger partial charge in [0.05, 0.1) is 0 Å². The summed E-state index contributed by atoms with van der Waals surface area (Å²) in [5.41, 5.74) is 0. The zero-order valence-corrected chi connectivity index (χ0v) is 10.7. The van der Waals surface area contributed by atoms with Gasteiger partial charge in [0.1, 0.15) is 5.82 Å². The molecule has 0 radical (unpaired) electrons. The molecule has 1 aromatic rings. The van der Waals surface area contributed by atoms with Crippen molar-refractivity contribution >= 4 is 17.4 Å². The van der Waals surface area contributed by atoms with E-state index < -0.39 is 0 Å². The van der Waals surface area contributed by atoms with Gasteiger partial charge in [-0.15, -0.1) is 10.2 Å². The topological polar surface area (TPSA) is 41.0 Å². The van der Waals surface area contributed by atoms with Gasteiger partial charge in [-0.25, -0.2) is 0 Å². The molecule has 92 valence electrons. The molecule has 0 aliphatic carbocycles. The third kappa shape index (κ3) is 2.11. The standard InChI is InChI=1S/C12H17ClN4/c1-17-8-2-4-9(10(17)5-3-8)14-12-7-6-11(13)15-16-12/h6-10H,2-5H2,1H3,(H,14,16). The summed E-state index contributed by atoms with van der Waals surface area (Å²) in [6, 6.07) is 5.62. The SMILES string of the molecule is CN1C2CCC(Nc3ccc(Cl)nn3)C1CC2. The first-order chi connectivity index (χ1) is 8.24. The largest absolute Gasteiger partial charge is 0.364 e. The summed E-state index contributed by atoms with van der Waals surface area (Å²) in [6.07, 6.45) is 5.14. The Kier molecular flexibility index (Phi) is 2.92.